The highest BCUT2D eigenvalue weighted by Crippen LogP contribution is 2.22. The average Bonchev–Trinajstić information content (AvgIpc) is 1.84. The molecule has 1 aliphatic rings. The van der Waals surface area contributed by atoms with Gasteiger partial charge in [-0.15, -0.1) is 0 Å². The van der Waals surface area contributed by atoms with Gasteiger partial charge in [0.05, 0.1) is 25.0 Å². The molecule has 10 atom stereocenters. The van der Waals surface area contributed by atoms with Gasteiger partial charge in [0.1, 0.15) is 54.1 Å². The summed E-state index contributed by atoms with van der Waals surface area (Å²) in [6.45, 7) is -1.24. The number of alkyl halides is 3. The summed E-state index contributed by atoms with van der Waals surface area (Å²) < 4.78 is 44.4. The summed E-state index contributed by atoms with van der Waals surface area (Å²) in [7, 11) is 0. The van der Waals surface area contributed by atoms with Gasteiger partial charge in [-0.3, -0.25) is 52.9 Å². The number of hydrogen-bond donors (Lipinski definition) is 21. The fraction of sp³-hybridized carbons (Fsp3) is 0.696. The van der Waals surface area contributed by atoms with E-state index in [0.717, 1.165) is 0 Å². The average molecular weight is 1360 g/mol. The Hall–Kier alpha value is -8.18. The summed E-state index contributed by atoms with van der Waals surface area (Å²) in [5.74, 6) is -12.7. The highest BCUT2D eigenvalue weighted by Gasteiger charge is 2.46. The van der Waals surface area contributed by atoms with Crippen LogP contribution < -0.4 is 105 Å². The number of esters is 1. The number of likely N-dealkylation sites (tertiary alicyclic amines) is 1. The molecule has 36 nitrogen and oxygen atoms in total. The molecule has 95 heavy (non-hydrogen) atoms. The van der Waals surface area contributed by atoms with Gasteiger partial charge in [0, 0.05) is 51.0 Å². The number of aliphatic imine (C=N–C) groups is 1. The maximum atomic E-state index is 14.5. The number of aromatic nitrogens is 2. The fourth-order valence-corrected chi connectivity index (χ4v) is 9.56. The van der Waals surface area contributed by atoms with Crippen LogP contribution in [0.25, 0.3) is 0 Å². The van der Waals surface area contributed by atoms with Crippen molar-refractivity contribution in [2.24, 2.45) is 62.3 Å². The summed E-state index contributed by atoms with van der Waals surface area (Å²) in [6, 6.07) is -12.3. The van der Waals surface area contributed by atoms with E-state index in [0.29, 0.717) is 70.2 Å². The molecule has 1 aromatic heterocycles. The van der Waals surface area contributed by atoms with E-state index in [9.17, 15) is 71.0 Å². The van der Waals surface area contributed by atoms with Crippen LogP contribution in [0.2, 0.25) is 0 Å². The topological polar surface area (TPSA) is 630 Å². The first-order valence-electron chi connectivity index (χ1n) is 31.5. The zero-order valence-electron chi connectivity index (χ0n) is 53.4. The predicted molar refractivity (Wildman–Crippen MR) is 339 cm³/mol. The van der Waals surface area contributed by atoms with Gasteiger partial charge < -0.3 is 125 Å². The Morgan fingerprint density at radius 1 is 0.674 bits per heavy atom. The Balaban J connectivity index is 2.43. The lowest BCUT2D eigenvalue weighted by Crippen LogP contribution is -2.64. The van der Waals surface area contributed by atoms with Crippen LogP contribution in [0.1, 0.15) is 108 Å². The third kappa shape index (κ3) is 30.8. The van der Waals surface area contributed by atoms with Crippen LogP contribution in [0.15, 0.2) is 29.3 Å². The van der Waals surface area contributed by atoms with Crippen molar-refractivity contribution in [2.45, 2.75) is 176 Å². The van der Waals surface area contributed by atoms with Gasteiger partial charge in [-0.2, -0.15) is 13.2 Å². The molecule has 0 saturated carbocycles. The Morgan fingerprint density at radius 2 is 1.27 bits per heavy atom. The number of amides is 10. The molecular formula is C56H100F3N23O13. The molecule has 1 saturated heterocycles. The second-order valence-corrected chi connectivity index (χ2v) is 22.3. The van der Waals surface area contributed by atoms with E-state index in [1.807, 2.05) is 5.32 Å². The zero-order chi connectivity index (χ0) is 71.0. The number of ether oxygens (including phenoxy) is 1. The highest BCUT2D eigenvalue weighted by molar-refractivity contribution is 6.02. The lowest BCUT2D eigenvalue weighted by Gasteiger charge is -2.30. The Kier molecular flexibility index (Phi) is 39.5. The Morgan fingerprint density at radius 3 is 1.85 bits per heavy atom. The first kappa shape index (κ1) is 82.9. The Bertz CT molecular complexity index is 2660. The van der Waals surface area contributed by atoms with Gasteiger partial charge in [-0.1, -0.05) is 12.5 Å². The molecule has 0 aromatic carbocycles. The summed E-state index contributed by atoms with van der Waals surface area (Å²) in [5.41, 5.74) is 56.6. The van der Waals surface area contributed by atoms with Gasteiger partial charge in [0.2, 0.25) is 53.2 Å². The third-order valence-corrected chi connectivity index (χ3v) is 14.7. The molecule has 10 amide bonds. The minimum atomic E-state index is -5.58. The molecule has 538 valence electrons. The van der Waals surface area contributed by atoms with Gasteiger partial charge in [-0.05, 0) is 129 Å². The first-order valence-corrected chi connectivity index (χ1v) is 31.5. The maximum absolute atomic E-state index is 14.5. The molecule has 2 rings (SSSR count). The number of halogens is 3. The number of rotatable bonds is 47. The van der Waals surface area contributed by atoms with E-state index in [1.165, 1.54) is 23.5 Å². The Labute approximate surface area is 548 Å². The number of aliphatic hydroxyl groups excluding tert-OH is 1. The van der Waals surface area contributed by atoms with Gasteiger partial charge >= 0.3 is 12.1 Å². The molecule has 39 heteroatoms. The smallest absolute Gasteiger partial charge is 0.452 e. The molecule has 1 aliphatic heterocycles. The number of hydrogen-bond acceptors (Lipinski definition) is 23. The molecule has 0 radical (unpaired) electrons. The largest absolute Gasteiger partial charge is 0.490 e. The molecule has 2 heterocycles. The van der Waals surface area contributed by atoms with Crippen LogP contribution in [0.3, 0.4) is 0 Å². The van der Waals surface area contributed by atoms with Crippen LogP contribution >= 0.6 is 0 Å². The quantitative estimate of drug-likeness (QED) is 0.00947. The number of carbonyl (C=O) groups excluding carboxylic acids is 11. The van der Waals surface area contributed by atoms with E-state index in [2.05, 4.69) is 62.2 Å². The zero-order valence-corrected chi connectivity index (χ0v) is 53.4. The van der Waals surface area contributed by atoms with E-state index in [4.69, 9.17) is 57.3 Å². The first-order chi connectivity index (χ1) is 45.2. The van der Waals surface area contributed by atoms with Crippen LogP contribution in [-0.4, -0.2) is 230 Å². The standard InChI is InChI=1S/C56H100F3N23O13/c57-56(58,59)54(94)95-41(28-66)44(81-45(85)33(67)12-1-4-18-60)52(92)80-43(40(83)27-65)51(91)73-30-42(84)75-37(15-9-22-64)53(93)82-25-11-17-39(82)50(90)79-38(26-32-29-70-31-74-32)49(89)78-35(14-3-6-20-62)47(87)77-36(16-10-24-72-55(68)69)48(88)76-34(13-2-5-19-61)46(86)71-23-8-7-21-63/h16,29,31,33-35,37-41,43-44,83H,1-15,17-28,30,60-67H2,(H,70,74)(H,71,86)(H,73,91)(H,75,84)(H,76,88)(H,77,87)(H,78,89)(H,79,90)(H,80,92)(H,81,85)(H4,68,69,72)/b36-16-/t33-,34-,35-,37+,38-,39-,40-,41-,43-,44-/m0/s1. The van der Waals surface area contributed by atoms with Crippen molar-refractivity contribution in [3.63, 3.8) is 0 Å². The van der Waals surface area contributed by atoms with E-state index in [1.54, 1.807) is 0 Å². The van der Waals surface area contributed by atoms with Crippen LogP contribution in [0.5, 0.6) is 0 Å². The second kappa shape index (κ2) is 45.2. The van der Waals surface area contributed by atoms with Crippen molar-refractivity contribution in [2.75, 3.05) is 72.0 Å². The van der Waals surface area contributed by atoms with E-state index >= 15 is 0 Å². The number of H-pyrrole nitrogens is 1. The lowest BCUT2D eigenvalue weighted by atomic mass is 10.0. The minimum Gasteiger partial charge on any atom is -0.452 e. The number of aliphatic hydroxyl groups is 1. The minimum absolute atomic E-state index is 0.00513. The van der Waals surface area contributed by atoms with Crippen molar-refractivity contribution in [3.8, 4) is 0 Å². The number of nitrogens with two attached hydrogens (primary N) is 10. The van der Waals surface area contributed by atoms with Gasteiger partial charge in [0.15, 0.2) is 5.96 Å². The lowest BCUT2D eigenvalue weighted by molar-refractivity contribution is -0.205. The molecule has 0 spiro atoms. The molecular weight excluding hydrogens is 1260 g/mol. The molecule has 0 bridgehead atoms. The summed E-state index contributed by atoms with van der Waals surface area (Å²) >= 11 is 0. The summed E-state index contributed by atoms with van der Waals surface area (Å²) in [6.07, 6.45) is -1.69. The van der Waals surface area contributed by atoms with E-state index < -0.39 is 151 Å². The number of aromatic amines is 1. The number of nitrogens with one attached hydrogen (secondary N) is 10. The summed E-state index contributed by atoms with van der Waals surface area (Å²) in [4.78, 5) is 163. The molecule has 0 unspecified atom stereocenters. The molecule has 0 aliphatic carbocycles. The van der Waals surface area contributed by atoms with E-state index in [-0.39, 0.29) is 109 Å². The van der Waals surface area contributed by atoms with Crippen molar-refractivity contribution in [1.29, 1.82) is 0 Å². The third-order valence-electron chi connectivity index (χ3n) is 14.7. The summed E-state index contributed by atoms with van der Waals surface area (Å²) in [5, 5.41) is 33.0. The van der Waals surface area contributed by atoms with Crippen LogP contribution in [0, 0.1) is 0 Å². The fourth-order valence-electron chi connectivity index (χ4n) is 9.56. The van der Waals surface area contributed by atoms with Crippen molar-refractivity contribution in [1.82, 2.24) is 62.7 Å². The maximum Gasteiger partial charge on any atom is 0.490 e. The molecule has 1 aromatic rings. The number of imidazole rings is 1. The van der Waals surface area contributed by atoms with Gasteiger partial charge in [0.25, 0.3) is 5.91 Å². The molecule has 1 fully saturated rings. The van der Waals surface area contributed by atoms with Crippen LogP contribution in [-0.2, 0) is 63.9 Å². The number of unbranched alkanes of at least 4 members (excludes halogenated alkanes) is 4. The molecule has 31 N–H and O–H groups in total. The van der Waals surface area contributed by atoms with Crippen molar-refractivity contribution in [3.05, 3.63) is 30.0 Å². The number of guanidine groups is 1. The van der Waals surface area contributed by atoms with Crippen LogP contribution in [0.4, 0.5) is 13.2 Å². The van der Waals surface area contributed by atoms with Crippen molar-refractivity contribution >= 4 is 71.0 Å². The number of nitrogens with zero attached hydrogens (tertiary/aromatic N) is 3. The second-order valence-electron chi connectivity index (χ2n) is 22.3. The van der Waals surface area contributed by atoms with Crippen molar-refractivity contribution < 1.29 is 75.8 Å². The monoisotopic (exact) mass is 1360 g/mol. The predicted octanol–water partition coefficient (Wildman–Crippen LogP) is -8.31. The van der Waals surface area contributed by atoms with Gasteiger partial charge in [-0.25, -0.2) is 9.78 Å². The highest BCUT2D eigenvalue weighted by atomic mass is 19.4. The SMILES string of the molecule is NCCCCNC(=O)[C@H](CCCCN)NC(=O)/C(=C/CCN=C(N)N)NC(=O)[C@H](CCCCN)NC(=O)[C@H](Cc1cnc[nH]1)NC(=O)[C@@H]1CCCN1C(=O)[C@@H](CCCN)NC(=O)CNC(=O)[C@@H](NC(=O)[C@@H](NC(=O)[C@@H](N)CCCCN)[C@H](CN)OC(=O)C(F)(F)F)[C@@H](O)CN. The normalized spacial score (nSPS) is 16.0. The number of carbonyl (C=O) groups is 11.